The molecule has 0 aliphatic carbocycles. The van der Waals surface area contributed by atoms with Crippen LogP contribution in [0.3, 0.4) is 0 Å². The van der Waals surface area contributed by atoms with Crippen LogP contribution in [-0.4, -0.2) is 144 Å². The number of unbranched alkanes of at least 4 members (excludes halogenated alkanes) is 2. The van der Waals surface area contributed by atoms with E-state index >= 15 is 0 Å². The van der Waals surface area contributed by atoms with Gasteiger partial charge in [-0.2, -0.15) is 0 Å². The molecule has 79 heavy (non-hydrogen) atoms. The summed E-state index contributed by atoms with van der Waals surface area (Å²) in [6.45, 7) is 20.0. The number of aliphatic hydroxyl groups excluding tert-OH is 1. The number of methoxy groups -OCH3 is 2. The molecule has 0 spiro atoms. The first-order valence-corrected chi connectivity index (χ1v) is 29.1. The van der Waals surface area contributed by atoms with Crippen LogP contribution in [0.1, 0.15) is 163 Å². The molecule has 16 heteroatoms. The van der Waals surface area contributed by atoms with Gasteiger partial charge in [0.15, 0.2) is 5.78 Å². The van der Waals surface area contributed by atoms with E-state index in [0.29, 0.717) is 50.8 Å². The molecule has 11 atom stereocenters. The maximum Gasteiger partial charge on any atom is 0.410 e. The molecule has 440 valence electrons. The van der Waals surface area contributed by atoms with Crippen LogP contribution in [0.25, 0.3) is 0 Å². The number of ether oxygens (including phenoxy) is 3. The van der Waals surface area contributed by atoms with Gasteiger partial charge in [-0.05, 0) is 72.0 Å². The number of likely N-dealkylation sites (tertiary alicyclic amines) is 2. The summed E-state index contributed by atoms with van der Waals surface area (Å²) in [5.74, 6) is -3.25. The zero-order valence-electron chi connectivity index (χ0n) is 50.1. The summed E-state index contributed by atoms with van der Waals surface area (Å²) in [5.41, 5.74) is 2.28. The molecule has 2 aliphatic heterocycles. The smallest absolute Gasteiger partial charge is 0.410 e. The van der Waals surface area contributed by atoms with Crippen molar-refractivity contribution in [3.8, 4) is 0 Å². The van der Waals surface area contributed by atoms with Crippen LogP contribution in [0.4, 0.5) is 4.79 Å². The molecule has 0 aromatic heterocycles. The lowest BCUT2D eigenvalue weighted by Gasteiger charge is -2.41. The lowest BCUT2D eigenvalue weighted by molar-refractivity contribution is -0.149. The molecule has 2 aliphatic rings. The highest BCUT2D eigenvalue weighted by Crippen LogP contribution is 2.34. The standard InChI is InChI=1S/C63H96N4O12/c1-15-42(8)58(54(77-13)37-56(72)66-32-22-26-51(66)60(78-14)44(10)52(69)33-43(9)59(73)47-23-18-16-19-24-47)64(11)61(74)49(39(2)3)35-53(70)57(41(6)7)65(12)63(76)79-38-46-29-27-45(28-30-46)34-48(68)25-20-17-21-31-67-55(71)36-50(40(4)5)62(67)75/h16,18-19,23-24,27-30,39-44,49-51,54,57-60,73H,15,17,20-22,25-26,31-38H2,1-14H3/t42-,43-,44-,49-,50?,51-,54+,57-,58-,59+,60+/m0/s1. The van der Waals surface area contributed by atoms with Crippen LogP contribution in [0.5, 0.6) is 0 Å². The van der Waals surface area contributed by atoms with Gasteiger partial charge in [-0.1, -0.05) is 137 Å². The van der Waals surface area contributed by atoms with E-state index in [-0.39, 0.29) is 121 Å². The number of amides is 5. The van der Waals surface area contributed by atoms with Crippen molar-refractivity contribution in [3.63, 3.8) is 0 Å². The molecule has 2 fully saturated rings. The number of hydrogen-bond acceptors (Lipinski definition) is 12. The number of aliphatic hydroxyl groups is 1. The number of carbonyl (C=O) groups is 8. The normalized spacial score (nSPS) is 19.2. The first kappa shape index (κ1) is 66.2. The fourth-order valence-corrected chi connectivity index (χ4v) is 11.8. The first-order chi connectivity index (χ1) is 37.4. The predicted molar refractivity (Wildman–Crippen MR) is 304 cm³/mol. The van der Waals surface area contributed by atoms with Crippen LogP contribution in [0, 0.1) is 47.3 Å². The minimum Gasteiger partial charge on any atom is -0.445 e. The van der Waals surface area contributed by atoms with Gasteiger partial charge in [-0.3, -0.25) is 38.5 Å². The van der Waals surface area contributed by atoms with Crippen molar-refractivity contribution in [2.75, 3.05) is 41.4 Å². The zero-order valence-corrected chi connectivity index (χ0v) is 50.1. The number of imide groups is 1. The third kappa shape index (κ3) is 18.1. The highest BCUT2D eigenvalue weighted by molar-refractivity contribution is 6.03. The number of hydrogen-bond donors (Lipinski definition) is 1. The zero-order chi connectivity index (χ0) is 58.8. The fraction of sp³-hybridized carbons (Fsp3) is 0.683. The molecule has 2 saturated heterocycles. The minimum atomic E-state index is -0.885. The van der Waals surface area contributed by atoms with Gasteiger partial charge in [-0.25, -0.2) is 4.79 Å². The van der Waals surface area contributed by atoms with Crippen LogP contribution in [0.15, 0.2) is 54.6 Å². The monoisotopic (exact) mass is 1100 g/mol. The Kier molecular flexibility index (Phi) is 26.5. The predicted octanol–water partition coefficient (Wildman–Crippen LogP) is 9.46. The number of ketones is 3. The highest BCUT2D eigenvalue weighted by Gasteiger charge is 2.44. The average Bonchev–Trinajstić information content (AvgIpc) is 4.05. The van der Waals surface area contributed by atoms with Gasteiger partial charge < -0.3 is 34.0 Å². The summed E-state index contributed by atoms with van der Waals surface area (Å²) in [6, 6.07) is 14.8. The molecule has 2 aromatic rings. The van der Waals surface area contributed by atoms with Gasteiger partial charge in [0.25, 0.3) is 0 Å². The molecule has 2 heterocycles. The van der Waals surface area contributed by atoms with Gasteiger partial charge in [-0.15, -0.1) is 0 Å². The lowest BCUT2D eigenvalue weighted by atomic mass is 9.83. The molecule has 2 aromatic carbocycles. The Bertz CT molecular complexity index is 2320. The van der Waals surface area contributed by atoms with E-state index in [1.165, 1.54) is 16.8 Å². The van der Waals surface area contributed by atoms with Crippen LogP contribution >= 0.6 is 0 Å². The van der Waals surface area contributed by atoms with E-state index in [4.69, 9.17) is 14.2 Å². The molecule has 1 N–H and O–H groups in total. The summed E-state index contributed by atoms with van der Waals surface area (Å²) in [6.07, 6.45) is 2.30. The molecule has 4 rings (SSSR count). The Morgan fingerprint density at radius 1 is 0.747 bits per heavy atom. The Labute approximate surface area is 472 Å². The third-order valence-corrected chi connectivity index (χ3v) is 17.0. The Morgan fingerprint density at radius 2 is 1.39 bits per heavy atom. The van der Waals surface area contributed by atoms with Gasteiger partial charge in [0.1, 0.15) is 18.2 Å². The van der Waals surface area contributed by atoms with Crippen molar-refractivity contribution in [1.82, 2.24) is 19.6 Å². The second-order valence-corrected chi connectivity index (χ2v) is 23.7. The highest BCUT2D eigenvalue weighted by atomic mass is 16.6. The second kappa shape index (κ2) is 31.6. The fourth-order valence-electron chi connectivity index (χ4n) is 11.8. The average molecular weight is 1100 g/mol. The van der Waals surface area contributed by atoms with Gasteiger partial charge in [0.05, 0.1) is 42.9 Å². The number of Topliss-reactive ketones (excluding diaryl/α,β-unsaturated/α-hetero) is 3. The molecule has 0 bridgehead atoms. The van der Waals surface area contributed by atoms with Crippen molar-refractivity contribution in [2.45, 2.75) is 189 Å². The van der Waals surface area contributed by atoms with E-state index in [2.05, 4.69) is 0 Å². The van der Waals surface area contributed by atoms with Crippen molar-refractivity contribution < 1.29 is 57.7 Å². The SMILES string of the molecule is CC[C@H](C)[C@@H]([C@@H](CC(=O)N1CCC[C@H]1[C@H](OC)[C@@H](C)C(=O)C[C@H](C)[C@@H](O)c1ccccc1)OC)N(C)C(=O)[C@@H](CC(=O)[C@H](C(C)C)N(C)C(=O)OCc1ccc(CC(=O)CCCCCN2C(=O)CC(C(C)C)C2=O)cc1)C(C)C. The van der Waals surface area contributed by atoms with Crippen molar-refractivity contribution >= 4 is 47.1 Å². The van der Waals surface area contributed by atoms with E-state index < -0.39 is 48.3 Å². The van der Waals surface area contributed by atoms with Gasteiger partial charge >= 0.3 is 6.09 Å². The maximum atomic E-state index is 14.8. The van der Waals surface area contributed by atoms with Crippen LogP contribution < -0.4 is 0 Å². The topological polar surface area (TPSA) is 197 Å². The maximum absolute atomic E-state index is 14.8. The summed E-state index contributed by atoms with van der Waals surface area (Å²) >= 11 is 0. The first-order valence-electron chi connectivity index (χ1n) is 29.1. The molecule has 0 radical (unpaired) electrons. The minimum absolute atomic E-state index is 0.0210. The number of benzene rings is 2. The van der Waals surface area contributed by atoms with E-state index in [9.17, 15) is 43.5 Å². The molecular formula is C63H96N4O12. The number of nitrogens with zero attached hydrogens (tertiary/aromatic N) is 4. The number of carbonyl (C=O) groups excluding carboxylic acids is 8. The molecular weight excluding hydrogens is 1000 g/mol. The van der Waals surface area contributed by atoms with E-state index in [1.54, 1.807) is 43.2 Å². The summed E-state index contributed by atoms with van der Waals surface area (Å²) < 4.78 is 17.8. The van der Waals surface area contributed by atoms with E-state index in [0.717, 1.165) is 24.0 Å². The number of rotatable bonds is 33. The molecule has 5 amide bonds. The third-order valence-electron chi connectivity index (χ3n) is 17.0. The molecule has 0 saturated carbocycles. The lowest BCUT2D eigenvalue weighted by Crippen LogP contribution is -2.54. The summed E-state index contributed by atoms with van der Waals surface area (Å²) in [7, 11) is 6.35. The summed E-state index contributed by atoms with van der Waals surface area (Å²) in [5, 5.41) is 11.0. The molecule has 16 nitrogen and oxygen atoms in total. The Hall–Kier alpha value is -5.32. The van der Waals surface area contributed by atoms with Crippen LogP contribution in [0.2, 0.25) is 0 Å². The van der Waals surface area contributed by atoms with Gasteiger partial charge in [0.2, 0.25) is 23.6 Å². The van der Waals surface area contributed by atoms with Crippen LogP contribution in [-0.2, 0) is 60.8 Å². The Balaban J connectivity index is 1.33. The number of likely N-dealkylation sites (N-methyl/N-ethyl adjacent to an activating group) is 2. The largest absolute Gasteiger partial charge is 0.445 e. The second-order valence-electron chi connectivity index (χ2n) is 23.7. The van der Waals surface area contributed by atoms with Gasteiger partial charge in [0, 0.05) is 91.3 Å². The quantitative estimate of drug-likeness (QED) is 0.0526. The molecule has 1 unspecified atom stereocenters. The summed E-state index contributed by atoms with van der Waals surface area (Å²) in [4.78, 5) is 115. The van der Waals surface area contributed by atoms with Crippen molar-refractivity contribution in [2.24, 2.45) is 47.3 Å². The van der Waals surface area contributed by atoms with E-state index in [1.807, 2.05) is 112 Å². The van der Waals surface area contributed by atoms with Crippen molar-refractivity contribution in [3.05, 3.63) is 71.3 Å². The van der Waals surface area contributed by atoms with Crippen molar-refractivity contribution in [1.29, 1.82) is 0 Å². The Morgan fingerprint density at radius 3 is 1.96 bits per heavy atom.